The number of aromatic nitrogens is 1. The van der Waals surface area contributed by atoms with E-state index in [2.05, 4.69) is 26.2 Å². The number of rotatable bonds is 5. The molecule has 1 heterocycles. The SMILES string of the molecule is CC(C)CC(NC(=O)c1cccc(Br)n1)C(=O)O. The number of pyridine rings is 1. The summed E-state index contributed by atoms with van der Waals surface area (Å²) in [6.45, 7) is 3.80. The van der Waals surface area contributed by atoms with Crippen molar-refractivity contribution in [3.63, 3.8) is 0 Å². The van der Waals surface area contributed by atoms with Crippen LogP contribution in [0, 0.1) is 5.92 Å². The number of carbonyl (C=O) groups excluding carboxylic acids is 1. The number of nitrogens with zero attached hydrogens (tertiary/aromatic N) is 1. The molecule has 0 aliphatic carbocycles. The standard InChI is InChI=1S/C12H15BrN2O3/c1-7(2)6-9(12(17)18)15-11(16)8-4-3-5-10(13)14-8/h3-5,7,9H,6H2,1-2H3,(H,15,16)(H,17,18). The largest absolute Gasteiger partial charge is 0.480 e. The molecule has 98 valence electrons. The number of aliphatic carboxylic acids is 1. The van der Waals surface area contributed by atoms with Gasteiger partial charge in [-0.3, -0.25) is 4.79 Å². The summed E-state index contributed by atoms with van der Waals surface area (Å²) in [7, 11) is 0. The Morgan fingerprint density at radius 2 is 2.11 bits per heavy atom. The second-order valence-electron chi connectivity index (χ2n) is 4.34. The van der Waals surface area contributed by atoms with Crippen molar-refractivity contribution in [1.82, 2.24) is 10.3 Å². The second kappa shape index (κ2) is 6.49. The molecule has 2 N–H and O–H groups in total. The highest BCUT2D eigenvalue weighted by Gasteiger charge is 2.22. The number of carbonyl (C=O) groups is 2. The Hall–Kier alpha value is -1.43. The Bertz CT molecular complexity index is 449. The van der Waals surface area contributed by atoms with Crippen molar-refractivity contribution in [3.8, 4) is 0 Å². The Morgan fingerprint density at radius 3 is 2.61 bits per heavy atom. The van der Waals surface area contributed by atoms with Gasteiger partial charge in [-0.05, 0) is 40.4 Å². The van der Waals surface area contributed by atoms with Gasteiger partial charge in [0.05, 0.1) is 0 Å². The molecular weight excluding hydrogens is 300 g/mol. The number of hydrogen-bond donors (Lipinski definition) is 2. The smallest absolute Gasteiger partial charge is 0.326 e. The highest BCUT2D eigenvalue weighted by molar-refractivity contribution is 9.10. The molecule has 1 unspecified atom stereocenters. The summed E-state index contributed by atoms with van der Waals surface area (Å²) < 4.78 is 0.533. The molecule has 0 aliphatic rings. The van der Waals surface area contributed by atoms with Gasteiger partial charge in [0.15, 0.2) is 0 Å². The molecule has 0 bridgehead atoms. The average Bonchev–Trinajstić information content (AvgIpc) is 2.27. The molecule has 1 amide bonds. The lowest BCUT2D eigenvalue weighted by atomic mass is 10.0. The highest BCUT2D eigenvalue weighted by Crippen LogP contribution is 2.08. The van der Waals surface area contributed by atoms with Crippen LogP contribution in [-0.2, 0) is 4.79 Å². The van der Waals surface area contributed by atoms with Gasteiger partial charge in [-0.15, -0.1) is 0 Å². The monoisotopic (exact) mass is 314 g/mol. The fourth-order valence-electron chi connectivity index (χ4n) is 1.46. The minimum absolute atomic E-state index is 0.182. The number of carboxylic acid groups (broad SMARTS) is 1. The van der Waals surface area contributed by atoms with E-state index >= 15 is 0 Å². The zero-order valence-corrected chi connectivity index (χ0v) is 11.8. The number of nitrogens with one attached hydrogen (secondary N) is 1. The Labute approximate surface area is 114 Å². The summed E-state index contributed by atoms with van der Waals surface area (Å²) >= 11 is 3.16. The summed E-state index contributed by atoms with van der Waals surface area (Å²) in [5.74, 6) is -1.33. The highest BCUT2D eigenvalue weighted by atomic mass is 79.9. The van der Waals surface area contributed by atoms with Crippen LogP contribution in [0.3, 0.4) is 0 Å². The maximum atomic E-state index is 11.8. The Morgan fingerprint density at radius 1 is 1.44 bits per heavy atom. The van der Waals surface area contributed by atoms with Crippen LogP contribution < -0.4 is 5.32 Å². The molecule has 0 aromatic carbocycles. The lowest BCUT2D eigenvalue weighted by Gasteiger charge is -2.16. The van der Waals surface area contributed by atoms with Crippen LogP contribution in [-0.4, -0.2) is 28.0 Å². The molecule has 1 aromatic heterocycles. The Kier molecular flexibility index (Phi) is 5.27. The fourth-order valence-corrected chi connectivity index (χ4v) is 1.80. The minimum Gasteiger partial charge on any atom is -0.480 e. The summed E-state index contributed by atoms with van der Waals surface area (Å²) in [4.78, 5) is 26.8. The van der Waals surface area contributed by atoms with E-state index in [1.807, 2.05) is 13.8 Å². The van der Waals surface area contributed by atoms with E-state index in [4.69, 9.17) is 5.11 Å². The zero-order chi connectivity index (χ0) is 13.7. The van der Waals surface area contributed by atoms with Gasteiger partial charge in [-0.1, -0.05) is 19.9 Å². The minimum atomic E-state index is -1.04. The van der Waals surface area contributed by atoms with Gasteiger partial charge in [0.1, 0.15) is 16.3 Å². The van der Waals surface area contributed by atoms with Crippen LogP contribution in [0.2, 0.25) is 0 Å². The first-order valence-electron chi connectivity index (χ1n) is 5.56. The predicted octanol–water partition coefficient (Wildman–Crippen LogP) is 2.07. The normalized spacial score (nSPS) is 12.2. The lowest BCUT2D eigenvalue weighted by Crippen LogP contribution is -2.41. The molecule has 1 rings (SSSR count). The van der Waals surface area contributed by atoms with E-state index in [0.29, 0.717) is 11.0 Å². The van der Waals surface area contributed by atoms with E-state index in [1.165, 1.54) is 6.07 Å². The van der Waals surface area contributed by atoms with E-state index < -0.39 is 17.9 Å². The molecule has 0 saturated heterocycles. The van der Waals surface area contributed by atoms with Crippen molar-refractivity contribution < 1.29 is 14.7 Å². The van der Waals surface area contributed by atoms with Crippen molar-refractivity contribution >= 4 is 27.8 Å². The first kappa shape index (κ1) is 14.6. The fraction of sp³-hybridized carbons (Fsp3) is 0.417. The van der Waals surface area contributed by atoms with Crippen molar-refractivity contribution in [1.29, 1.82) is 0 Å². The number of amides is 1. The third-order valence-corrected chi connectivity index (χ3v) is 2.70. The number of carboxylic acids is 1. The van der Waals surface area contributed by atoms with Crippen LogP contribution in [0.5, 0.6) is 0 Å². The van der Waals surface area contributed by atoms with E-state index in [0.717, 1.165) is 0 Å². The molecule has 5 nitrogen and oxygen atoms in total. The van der Waals surface area contributed by atoms with Gasteiger partial charge < -0.3 is 10.4 Å². The van der Waals surface area contributed by atoms with Crippen LogP contribution in [0.15, 0.2) is 22.8 Å². The maximum Gasteiger partial charge on any atom is 0.326 e. The Balaban J connectivity index is 2.75. The van der Waals surface area contributed by atoms with Gasteiger partial charge in [0.25, 0.3) is 5.91 Å². The van der Waals surface area contributed by atoms with Crippen molar-refractivity contribution in [3.05, 3.63) is 28.5 Å². The summed E-state index contributed by atoms with van der Waals surface area (Å²) in [6, 6.07) is 4.01. The first-order chi connectivity index (χ1) is 8.40. The van der Waals surface area contributed by atoms with E-state index in [9.17, 15) is 9.59 Å². The number of hydrogen-bond acceptors (Lipinski definition) is 3. The molecular formula is C12H15BrN2O3. The topological polar surface area (TPSA) is 79.3 Å². The zero-order valence-electron chi connectivity index (χ0n) is 10.2. The molecule has 1 atom stereocenters. The second-order valence-corrected chi connectivity index (χ2v) is 5.15. The molecule has 0 fully saturated rings. The van der Waals surface area contributed by atoms with Crippen molar-refractivity contribution in [2.75, 3.05) is 0 Å². The molecule has 0 saturated carbocycles. The van der Waals surface area contributed by atoms with E-state index in [-0.39, 0.29) is 11.6 Å². The van der Waals surface area contributed by atoms with Gasteiger partial charge in [-0.25, -0.2) is 9.78 Å². The average molecular weight is 315 g/mol. The number of halogens is 1. The van der Waals surface area contributed by atoms with Crippen LogP contribution in [0.1, 0.15) is 30.8 Å². The molecule has 0 spiro atoms. The van der Waals surface area contributed by atoms with Gasteiger partial charge in [-0.2, -0.15) is 0 Å². The van der Waals surface area contributed by atoms with Crippen molar-refractivity contribution in [2.45, 2.75) is 26.3 Å². The maximum absolute atomic E-state index is 11.8. The molecule has 1 aromatic rings. The molecule has 18 heavy (non-hydrogen) atoms. The third-order valence-electron chi connectivity index (χ3n) is 2.26. The quantitative estimate of drug-likeness (QED) is 0.815. The summed E-state index contributed by atoms with van der Waals surface area (Å²) in [5.41, 5.74) is 0.194. The summed E-state index contributed by atoms with van der Waals surface area (Å²) in [6.07, 6.45) is 0.384. The summed E-state index contributed by atoms with van der Waals surface area (Å²) in [5, 5.41) is 11.5. The lowest BCUT2D eigenvalue weighted by molar-refractivity contribution is -0.139. The van der Waals surface area contributed by atoms with Gasteiger partial charge >= 0.3 is 5.97 Å². The van der Waals surface area contributed by atoms with Gasteiger partial charge in [0.2, 0.25) is 0 Å². The van der Waals surface area contributed by atoms with Crippen molar-refractivity contribution in [2.24, 2.45) is 5.92 Å². The van der Waals surface area contributed by atoms with Crippen LogP contribution >= 0.6 is 15.9 Å². The molecule has 6 heteroatoms. The molecule has 0 radical (unpaired) electrons. The first-order valence-corrected chi connectivity index (χ1v) is 6.35. The van der Waals surface area contributed by atoms with Gasteiger partial charge in [0, 0.05) is 0 Å². The van der Waals surface area contributed by atoms with Crippen LogP contribution in [0.25, 0.3) is 0 Å². The predicted molar refractivity (Wildman–Crippen MR) is 70.3 cm³/mol. The molecule has 0 aliphatic heterocycles. The van der Waals surface area contributed by atoms with Crippen LogP contribution in [0.4, 0.5) is 0 Å². The third kappa shape index (κ3) is 4.44. The van der Waals surface area contributed by atoms with E-state index in [1.54, 1.807) is 12.1 Å².